The van der Waals surface area contributed by atoms with Gasteiger partial charge in [-0.1, -0.05) is 13.8 Å². The highest BCUT2D eigenvalue weighted by atomic mass is 35.5. The van der Waals surface area contributed by atoms with Crippen molar-refractivity contribution in [2.75, 3.05) is 20.2 Å². The Morgan fingerprint density at radius 2 is 2.24 bits per heavy atom. The molecule has 1 fully saturated rings. The Morgan fingerprint density at radius 1 is 1.59 bits per heavy atom. The summed E-state index contributed by atoms with van der Waals surface area (Å²) in [5.74, 6) is -0.0364. The molecule has 0 aromatic rings. The molecule has 102 valence electrons. The van der Waals surface area contributed by atoms with E-state index in [2.05, 4.69) is 24.5 Å². The Labute approximate surface area is 110 Å². The molecule has 0 aliphatic carbocycles. The van der Waals surface area contributed by atoms with Crippen LogP contribution in [0.25, 0.3) is 0 Å². The molecule has 0 aromatic heterocycles. The topological polar surface area (TPSA) is 50.4 Å². The number of hydrogen-bond donors (Lipinski definition) is 2. The molecule has 0 spiro atoms. The van der Waals surface area contributed by atoms with Gasteiger partial charge >= 0.3 is 0 Å². The minimum absolute atomic E-state index is 0. The van der Waals surface area contributed by atoms with E-state index in [1.165, 1.54) is 12.8 Å². The summed E-state index contributed by atoms with van der Waals surface area (Å²) in [6.07, 6.45) is 2.05. The van der Waals surface area contributed by atoms with Crippen LogP contribution in [0.4, 0.5) is 0 Å². The summed E-state index contributed by atoms with van der Waals surface area (Å²) in [6, 6.07) is 0.356. The minimum Gasteiger partial charge on any atom is -0.372 e. The Bertz CT molecular complexity index is 247. The molecule has 1 amide bonds. The molecule has 2 atom stereocenters. The van der Waals surface area contributed by atoms with Crippen molar-refractivity contribution >= 4 is 18.3 Å². The molecule has 1 heterocycles. The van der Waals surface area contributed by atoms with Crippen molar-refractivity contribution in [2.24, 2.45) is 5.41 Å². The molecule has 0 radical (unpaired) electrons. The predicted octanol–water partition coefficient (Wildman–Crippen LogP) is 1.34. The van der Waals surface area contributed by atoms with Crippen LogP contribution in [0.5, 0.6) is 0 Å². The van der Waals surface area contributed by atoms with E-state index in [4.69, 9.17) is 4.74 Å². The van der Waals surface area contributed by atoms with Crippen LogP contribution in [0.15, 0.2) is 0 Å². The van der Waals surface area contributed by atoms with Gasteiger partial charge in [-0.15, -0.1) is 12.4 Å². The van der Waals surface area contributed by atoms with Crippen molar-refractivity contribution in [3.63, 3.8) is 0 Å². The lowest BCUT2D eigenvalue weighted by Crippen LogP contribution is -2.53. The van der Waals surface area contributed by atoms with Gasteiger partial charge in [0.05, 0.1) is 0 Å². The third kappa shape index (κ3) is 4.82. The maximum atomic E-state index is 11.6. The third-order valence-corrected chi connectivity index (χ3v) is 3.54. The lowest BCUT2D eigenvalue weighted by molar-refractivity contribution is -0.130. The largest absolute Gasteiger partial charge is 0.372 e. The van der Waals surface area contributed by atoms with E-state index in [9.17, 15) is 4.79 Å². The van der Waals surface area contributed by atoms with E-state index in [1.807, 2.05) is 0 Å². The smallest absolute Gasteiger partial charge is 0.248 e. The minimum atomic E-state index is -0.369. The average Bonchev–Trinajstić information content (AvgIpc) is 2.25. The summed E-state index contributed by atoms with van der Waals surface area (Å²) in [4.78, 5) is 11.6. The Morgan fingerprint density at radius 3 is 2.76 bits per heavy atom. The molecule has 1 rings (SSSR count). The van der Waals surface area contributed by atoms with Gasteiger partial charge in [-0.25, -0.2) is 0 Å². The number of hydrogen-bond acceptors (Lipinski definition) is 3. The molecule has 2 unspecified atom stereocenters. The first-order valence-electron chi connectivity index (χ1n) is 6.01. The molecular weight excluding hydrogens is 240 g/mol. The van der Waals surface area contributed by atoms with Crippen LogP contribution in [-0.4, -0.2) is 38.3 Å². The second-order valence-electron chi connectivity index (χ2n) is 5.22. The number of methoxy groups -OCH3 is 1. The Kier molecular flexibility index (Phi) is 7.05. The fourth-order valence-corrected chi connectivity index (χ4v) is 2.07. The number of ether oxygens (including phenoxy) is 1. The molecule has 2 N–H and O–H groups in total. The summed E-state index contributed by atoms with van der Waals surface area (Å²) in [5.41, 5.74) is 0.252. The van der Waals surface area contributed by atoms with Gasteiger partial charge in [0.1, 0.15) is 6.10 Å². The van der Waals surface area contributed by atoms with E-state index in [0.717, 1.165) is 6.54 Å². The van der Waals surface area contributed by atoms with Crippen molar-refractivity contribution in [1.82, 2.24) is 10.6 Å². The molecule has 0 bridgehead atoms. The van der Waals surface area contributed by atoms with E-state index in [-0.39, 0.29) is 29.8 Å². The normalized spacial score (nSPS) is 24.6. The zero-order chi connectivity index (χ0) is 12.2. The second-order valence-corrected chi connectivity index (χ2v) is 5.22. The second kappa shape index (κ2) is 7.19. The van der Waals surface area contributed by atoms with Gasteiger partial charge < -0.3 is 15.4 Å². The van der Waals surface area contributed by atoms with Crippen molar-refractivity contribution in [3.8, 4) is 0 Å². The van der Waals surface area contributed by atoms with Gasteiger partial charge in [0, 0.05) is 19.7 Å². The molecule has 17 heavy (non-hydrogen) atoms. The van der Waals surface area contributed by atoms with E-state index in [0.29, 0.717) is 12.6 Å². The number of carbonyl (C=O) groups is 1. The molecule has 0 saturated carbocycles. The summed E-state index contributed by atoms with van der Waals surface area (Å²) in [5, 5.41) is 6.40. The molecule has 4 nitrogen and oxygen atoms in total. The number of halogens is 1. The van der Waals surface area contributed by atoms with E-state index >= 15 is 0 Å². The van der Waals surface area contributed by atoms with Gasteiger partial charge in [0.25, 0.3) is 0 Å². The van der Waals surface area contributed by atoms with Gasteiger partial charge in [0.15, 0.2) is 0 Å². The highest BCUT2D eigenvalue weighted by molar-refractivity contribution is 5.85. The van der Waals surface area contributed by atoms with Crippen LogP contribution in [0, 0.1) is 5.41 Å². The molecule has 1 aliphatic rings. The van der Waals surface area contributed by atoms with Crippen LogP contribution in [0.2, 0.25) is 0 Å². The first-order chi connectivity index (χ1) is 7.47. The number of amides is 1. The molecule has 0 aromatic carbocycles. The predicted molar refractivity (Wildman–Crippen MR) is 71.5 cm³/mol. The first-order valence-corrected chi connectivity index (χ1v) is 6.01. The van der Waals surface area contributed by atoms with E-state index < -0.39 is 0 Å². The lowest BCUT2D eigenvalue weighted by Gasteiger charge is -2.39. The van der Waals surface area contributed by atoms with Crippen LogP contribution in [0.3, 0.4) is 0 Å². The standard InChI is InChI=1S/C12H24N2O2.ClH/c1-9(16-4)11(15)14-8-10-12(2,3)6-5-7-13-10;/h9-10,13H,5-8H2,1-4H3,(H,14,15);1H. The Hall–Kier alpha value is -0.320. The monoisotopic (exact) mass is 264 g/mol. The molecule has 1 saturated heterocycles. The number of carbonyl (C=O) groups excluding carboxylic acids is 1. The fraction of sp³-hybridized carbons (Fsp3) is 0.917. The highest BCUT2D eigenvalue weighted by Gasteiger charge is 2.32. The zero-order valence-electron chi connectivity index (χ0n) is 11.2. The Balaban J connectivity index is 0.00000256. The van der Waals surface area contributed by atoms with Crippen LogP contribution < -0.4 is 10.6 Å². The zero-order valence-corrected chi connectivity index (χ0v) is 12.0. The van der Waals surface area contributed by atoms with Crippen molar-refractivity contribution in [3.05, 3.63) is 0 Å². The summed E-state index contributed by atoms with van der Waals surface area (Å²) < 4.78 is 4.97. The van der Waals surface area contributed by atoms with E-state index in [1.54, 1.807) is 14.0 Å². The first kappa shape index (κ1) is 16.7. The molecule has 1 aliphatic heterocycles. The van der Waals surface area contributed by atoms with Crippen molar-refractivity contribution in [2.45, 2.75) is 45.8 Å². The summed E-state index contributed by atoms with van der Waals surface area (Å²) >= 11 is 0. The maximum absolute atomic E-state index is 11.6. The van der Waals surface area contributed by atoms with Crippen LogP contribution >= 0.6 is 12.4 Å². The summed E-state index contributed by atoms with van der Waals surface area (Å²) in [7, 11) is 1.55. The molecule has 5 heteroatoms. The number of nitrogens with one attached hydrogen (secondary N) is 2. The SMILES string of the molecule is COC(C)C(=O)NCC1NCCCC1(C)C.Cl. The van der Waals surface area contributed by atoms with Gasteiger partial charge in [0.2, 0.25) is 5.91 Å². The van der Waals surface area contributed by atoms with Gasteiger partial charge in [-0.3, -0.25) is 4.79 Å². The van der Waals surface area contributed by atoms with Crippen molar-refractivity contribution in [1.29, 1.82) is 0 Å². The highest BCUT2D eigenvalue weighted by Crippen LogP contribution is 2.29. The van der Waals surface area contributed by atoms with Crippen LogP contribution in [0.1, 0.15) is 33.6 Å². The van der Waals surface area contributed by atoms with Gasteiger partial charge in [-0.05, 0) is 31.7 Å². The number of piperidine rings is 1. The fourth-order valence-electron chi connectivity index (χ4n) is 2.07. The maximum Gasteiger partial charge on any atom is 0.248 e. The average molecular weight is 265 g/mol. The van der Waals surface area contributed by atoms with Crippen LogP contribution in [-0.2, 0) is 9.53 Å². The van der Waals surface area contributed by atoms with Crippen molar-refractivity contribution < 1.29 is 9.53 Å². The number of rotatable bonds is 4. The molecular formula is C12H25ClN2O2. The lowest BCUT2D eigenvalue weighted by atomic mass is 9.77. The quantitative estimate of drug-likeness (QED) is 0.806. The third-order valence-electron chi connectivity index (χ3n) is 3.54. The summed E-state index contributed by atoms with van der Waals surface area (Å²) in [6.45, 7) is 7.98. The van der Waals surface area contributed by atoms with Gasteiger partial charge in [-0.2, -0.15) is 0 Å².